The first-order valence-electron chi connectivity index (χ1n) is 7.12. The van der Waals surface area contributed by atoms with Gasteiger partial charge < -0.3 is 4.74 Å². The lowest BCUT2D eigenvalue weighted by Gasteiger charge is -2.37. The summed E-state index contributed by atoms with van der Waals surface area (Å²) in [6, 6.07) is 1.72. The van der Waals surface area contributed by atoms with Crippen molar-refractivity contribution in [3.63, 3.8) is 0 Å². The van der Waals surface area contributed by atoms with E-state index in [4.69, 9.17) is 4.74 Å². The molecule has 5 heteroatoms. The summed E-state index contributed by atoms with van der Waals surface area (Å²) in [5.74, 6) is 0.659. The van der Waals surface area contributed by atoms with Crippen LogP contribution in [0.1, 0.15) is 42.5 Å². The van der Waals surface area contributed by atoms with Crippen LogP contribution in [0.5, 0.6) is 5.75 Å². The number of ketones is 1. The van der Waals surface area contributed by atoms with E-state index in [1.807, 2.05) is 0 Å². The molecule has 1 aromatic heterocycles. The lowest BCUT2D eigenvalue weighted by Crippen LogP contribution is -2.41. The van der Waals surface area contributed by atoms with Crippen LogP contribution in [0.15, 0.2) is 18.5 Å². The minimum Gasteiger partial charge on any atom is -0.496 e. The maximum atomic E-state index is 12.7. The number of pyridine rings is 1. The van der Waals surface area contributed by atoms with E-state index >= 15 is 0 Å². The molecule has 2 aliphatic rings. The molecule has 2 unspecified atom stereocenters. The summed E-state index contributed by atoms with van der Waals surface area (Å²) in [6.45, 7) is 0. The van der Waals surface area contributed by atoms with Gasteiger partial charge in [-0.15, -0.1) is 0 Å². The highest BCUT2D eigenvalue weighted by molar-refractivity contribution is 7.86. The number of aromatic nitrogens is 1. The Morgan fingerprint density at radius 3 is 2.70 bits per heavy atom. The van der Waals surface area contributed by atoms with E-state index in [1.54, 1.807) is 25.6 Å². The van der Waals surface area contributed by atoms with Crippen LogP contribution < -0.4 is 4.74 Å². The zero-order valence-corrected chi connectivity index (χ0v) is 12.4. The fourth-order valence-corrected chi connectivity index (χ4v) is 5.60. The highest BCUT2D eigenvalue weighted by Gasteiger charge is 2.41. The number of nitrogens with zero attached hydrogens (tertiary/aromatic N) is 1. The monoisotopic (exact) mass is 293 g/mol. The molecule has 0 aliphatic carbocycles. The molecule has 0 amide bonds. The number of fused-ring (bicyclic) bond motifs is 2. The summed E-state index contributed by atoms with van der Waals surface area (Å²) >= 11 is 0. The fraction of sp³-hybridized carbons (Fsp3) is 0.600. The molecular weight excluding hydrogens is 274 g/mol. The van der Waals surface area contributed by atoms with Gasteiger partial charge in [-0.1, -0.05) is 6.42 Å². The van der Waals surface area contributed by atoms with Crippen LogP contribution >= 0.6 is 0 Å². The van der Waals surface area contributed by atoms with Crippen molar-refractivity contribution >= 4 is 16.6 Å². The Labute approximate surface area is 121 Å². The van der Waals surface area contributed by atoms with Crippen molar-refractivity contribution in [3.05, 3.63) is 24.0 Å². The zero-order chi connectivity index (χ0) is 14.1. The normalized spacial score (nSPS) is 32.6. The Morgan fingerprint density at radius 1 is 1.35 bits per heavy atom. The highest BCUT2D eigenvalue weighted by atomic mass is 32.2. The van der Waals surface area contributed by atoms with Crippen LogP contribution in [-0.4, -0.2) is 32.6 Å². The molecule has 108 valence electrons. The molecule has 3 heterocycles. The Morgan fingerprint density at radius 2 is 2.05 bits per heavy atom. The smallest absolute Gasteiger partial charge is 0.171 e. The van der Waals surface area contributed by atoms with Gasteiger partial charge in [0.25, 0.3) is 0 Å². The van der Waals surface area contributed by atoms with Crippen LogP contribution in [-0.2, 0) is 10.8 Å². The van der Waals surface area contributed by atoms with Gasteiger partial charge in [-0.25, -0.2) is 0 Å². The van der Waals surface area contributed by atoms with Crippen molar-refractivity contribution in [2.75, 3.05) is 7.11 Å². The molecule has 4 nitrogen and oxygen atoms in total. The van der Waals surface area contributed by atoms with Crippen molar-refractivity contribution in [2.45, 2.75) is 42.6 Å². The molecule has 0 spiro atoms. The van der Waals surface area contributed by atoms with Crippen molar-refractivity contribution in [2.24, 2.45) is 5.92 Å². The summed E-state index contributed by atoms with van der Waals surface area (Å²) in [5.41, 5.74) is 0.561. The summed E-state index contributed by atoms with van der Waals surface area (Å²) < 4.78 is 17.4. The second-order valence-corrected chi connectivity index (χ2v) is 7.60. The Bertz CT molecular complexity index is 530. The average molecular weight is 293 g/mol. The minimum absolute atomic E-state index is 0.0268. The third-order valence-corrected chi connectivity index (χ3v) is 6.61. The number of carbonyl (C=O) groups excluding carboxylic acids is 1. The van der Waals surface area contributed by atoms with Gasteiger partial charge in [0.15, 0.2) is 5.78 Å². The van der Waals surface area contributed by atoms with Crippen molar-refractivity contribution < 1.29 is 13.7 Å². The molecule has 0 aromatic carbocycles. The lowest BCUT2D eigenvalue weighted by molar-refractivity contribution is 0.0892. The third-order valence-electron chi connectivity index (χ3n) is 4.44. The first-order valence-corrected chi connectivity index (χ1v) is 8.40. The highest BCUT2D eigenvalue weighted by Crippen LogP contribution is 2.38. The fourth-order valence-electron chi connectivity index (χ4n) is 3.41. The van der Waals surface area contributed by atoms with Crippen LogP contribution in [0, 0.1) is 5.92 Å². The standard InChI is InChI=1S/C15H19NO3S/c1-19-14-5-6-16-9-13(14)15(17)10-7-11-3-2-4-12(8-10)20(11)18/h5-6,9-12H,2-4,7-8H2,1H3. The van der Waals surface area contributed by atoms with Crippen LogP contribution in [0.25, 0.3) is 0 Å². The van der Waals surface area contributed by atoms with Gasteiger partial charge in [-0.05, 0) is 31.7 Å². The maximum absolute atomic E-state index is 12.7. The summed E-state index contributed by atoms with van der Waals surface area (Å²) in [4.78, 5) is 16.7. The number of carbonyl (C=O) groups is 1. The van der Waals surface area contributed by atoms with Gasteiger partial charge in [0.2, 0.25) is 0 Å². The van der Waals surface area contributed by atoms with Crippen molar-refractivity contribution in [3.8, 4) is 5.75 Å². The van der Waals surface area contributed by atoms with Gasteiger partial charge in [0.05, 0.1) is 12.7 Å². The molecule has 2 fully saturated rings. The zero-order valence-electron chi connectivity index (χ0n) is 11.6. The summed E-state index contributed by atoms with van der Waals surface area (Å²) in [6.07, 6.45) is 7.86. The molecule has 0 saturated carbocycles. The van der Waals surface area contributed by atoms with E-state index < -0.39 is 10.8 Å². The molecule has 3 rings (SSSR count). The third kappa shape index (κ3) is 2.39. The quantitative estimate of drug-likeness (QED) is 0.803. The number of ether oxygens (including phenoxy) is 1. The molecular formula is C15H19NO3S. The Balaban J connectivity index is 1.83. The van der Waals surface area contributed by atoms with Gasteiger partial charge in [0.1, 0.15) is 5.75 Å². The SMILES string of the molecule is COc1ccncc1C(=O)C1CC2CCCC(C1)S2=O. The van der Waals surface area contributed by atoms with Gasteiger partial charge >= 0.3 is 0 Å². The number of hydrogen-bond acceptors (Lipinski definition) is 4. The number of rotatable bonds is 3. The second kappa shape index (κ2) is 5.64. The number of methoxy groups -OCH3 is 1. The summed E-state index contributed by atoms with van der Waals surface area (Å²) in [7, 11) is 0.830. The molecule has 2 saturated heterocycles. The van der Waals surface area contributed by atoms with Crippen LogP contribution in [0.3, 0.4) is 0 Å². The van der Waals surface area contributed by atoms with Crippen LogP contribution in [0.4, 0.5) is 0 Å². The molecule has 2 bridgehead atoms. The van der Waals surface area contributed by atoms with Crippen LogP contribution in [0.2, 0.25) is 0 Å². The largest absolute Gasteiger partial charge is 0.496 e. The molecule has 0 N–H and O–H groups in total. The Kier molecular flexibility index (Phi) is 3.87. The first-order chi connectivity index (χ1) is 9.70. The molecule has 0 radical (unpaired) electrons. The Hall–Kier alpha value is -1.23. The van der Waals surface area contributed by atoms with E-state index in [1.165, 1.54) is 0 Å². The van der Waals surface area contributed by atoms with Crippen molar-refractivity contribution in [1.29, 1.82) is 0 Å². The molecule has 20 heavy (non-hydrogen) atoms. The lowest BCUT2D eigenvalue weighted by atomic mass is 9.84. The molecule has 1 aromatic rings. The molecule has 2 atom stereocenters. The van der Waals surface area contributed by atoms with E-state index in [2.05, 4.69) is 4.98 Å². The van der Waals surface area contributed by atoms with E-state index in [9.17, 15) is 9.00 Å². The van der Waals surface area contributed by atoms with E-state index in [-0.39, 0.29) is 22.2 Å². The van der Waals surface area contributed by atoms with Gasteiger partial charge in [-0.3, -0.25) is 14.0 Å². The number of hydrogen-bond donors (Lipinski definition) is 0. The van der Waals surface area contributed by atoms with E-state index in [0.717, 1.165) is 32.1 Å². The molecule has 2 aliphatic heterocycles. The summed E-state index contributed by atoms with van der Waals surface area (Å²) in [5, 5.41) is 0.415. The minimum atomic E-state index is -0.736. The first kappa shape index (κ1) is 13.7. The predicted octanol–water partition coefficient (Wildman–Crippen LogP) is 2.35. The maximum Gasteiger partial charge on any atom is 0.171 e. The average Bonchev–Trinajstić information content (AvgIpc) is 2.46. The van der Waals surface area contributed by atoms with Gasteiger partial charge in [-0.2, -0.15) is 0 Å². The topological polar surface area (TPSA) is 56.3 Å². The second-order valence-electron chi connectivity index (χ2n) is 5.61. The number of Topliss-reactive ketones (excluding diaryl/α,β-unsaturated/α-hetero) is 1. The van der Waals surface area contributed by atoms with Gasteiger partial charge in [0, 0.05) is 39.6 Å². The predicted molar refractivity (Wildman–Crippen MR) is 77.4 cm³/mol. The van der Waals surface area contributed by atoms with E-state index in [0.29, 0.717) is 11.3 Å². The van der Waals surface area contributed by atoms with Crippen molar-refractivity contribution in [1.82, 2.24) is 4.98 Å².